The van der Waals surface area contributed by atoms with E-state index < -0.39 is 10.8 Å². The maximum atomic E-state index is 10.8. The second-order valence-electron chi connectivity index (χ2n) is 4.54. The Hall–Kier alpha value is 0.0700. The quantitative estimate of drug-likeness (QED) is 0.558. The number of ether oxygens (including phenoxy) is 2. The Bertz CT molecular complexity index is 193. The predicted octanol–water partition coefficient (Wildman–Crippen LogP) is 2.37. The molecule has 16 heavy (non-hydrogen) atoms. The van der Waals surface area contributed by atoms with E-state index in [1.165, 1.54) is 0 Å². The molecule has 4 heteroatoms. The van der Waals surface area contributed by atoms with Crippen molar-refractivity contribution < 1.29 is 13.7 Å². The SMILES string of the molecule is CCOC(C)(C)CCCOCCCS(C)=O. The fourth-order valence-corrected chi connectivity index (χ4v) is 2.05. The fraction of sp³-hybridized carbons (Fsp3) is 1.00. The maximum absolute atomic E-state index is 10.8. The van der Waals surface area contributed by atoms with Gasteiger partial charge in [0.15, 0.2) is 0 Å². The number of hydrogen-bond donors (Lipinski definition) is 0. The van der Waals surface area contributed by atoms with E-state index in [-0.39, 0.29) is 5.60 Å². The van der Waals surface area contributed by atoms with Crippen molar-refractivity contribution in [1.29, 1.82) is 0 Å². The van der Waals surface area contributed by atoms with Crippen LogP contribution in [0, 0.1) is 0 Å². The molecule has 0 aromatic rings. The Morgan fingerprint density at radius 2 is 1.81 bits per heavy atom. The van der Waals surface area contributed by atoms with Gasteiger partial charge in [-0.15, -0.1) is 0 Å². The molecule has 1 atom stereocenters. The van der Waals surface area contributed by atoms with E-state index >= 15 is 0 Å². The van der Waals surface area contributed by atoms with Crippen molar-refractivity contribution in [2.45, 2.75) is 45.6 Å². The molecule has 0 rings (SSSR count). The summed E-state index contributed by atoms with van der Waals surface area (Å²) in [4.78, 5) is 0. The van der Waals surface area contributed by atoms with Gasteiger partial charge in [0, 0.05) is 42.6 Å². The molecule has 0 spiro atoms. The highest BCUT2D eigenvalue weighted by atomic mass is 32.2. The van der Waals surface area contributed by atoms with Gasteiger partial charge in [0.1, 0.15) is 0 Å². The molecule has 0 aliphatic heterocycles. The van der Waals surface area contributed by atoms with Gasteiger partial charge in [-0.1, -0.05) is 0 Å². The number of hydrogen-bond acceptors (Lipinski definition) is 3. The highest BCUT2D eigenvalue weighted by Gasteiger charge is 2.16. The zero-order valence-electron chi connectivity index (χ0n) is 11.1. The van der Waals surface area contributed by atoms with Crippen molar-refractivity contribution in [2.75, 3.05) is 31.8 Å². The highest BCUT2D eigenvalue weighted by Crippen LogP contribution is 2.16. The van der Waals surface area contributed by atoms with Gasteiger partial charge >= 0.3 is 0 Å². The molecule has 0 radical (unpaired) electrons. The van der Waals surface area contributed by atoms with Crippen molar-refractivity contribution in [3.8, 4) is 0 Å². The third-order valence-electron chi connectivity index (χ3n) is 2.32. The lowest BCUT2D eigenvalue weighted by molar-refractivity contribution is -0.0225. The van der Waals surface area contributed by atoms with Crippen molar-refractivity contribution in [3.05, 3.63) is 0 Å². The normalized spacial score (nSPS) is 14.0. The molecule has 0 aromatic heterocycles. The number of rotatable bonds is 10. The topological polar surface area (TPSA) is 35.5 Å². The summed E-state index contributed by atoms with van der Waals surface area (Å²) >= 11 is 0. The Kier molecular flexibility index (Phi) is 9.18. The monoisotopic (exact) mass is 250 g/mol. The van der Waals surface area contributed by atoms with Gasteiger partial charge in [-0.25, -0.2) is 0 Å². The Morgan fingerprint density at radius 3 is 2.38 bits per heavy atom. The van der Waals surface area contributed by atoms with Gasteiger partial charge in [0.2, 0.25) is 0 Å². The van der Waals surface area contributed by atoms with Gasteiger partial charge in [-0.2, -0.15) is 0 Å². The molecule has 0 N–H and O–H groups in total. The van der Waals surface area contributed by atoms with Gasteiger partial charge in [0.25, 0.3) is 0 Å². The van der Waals surface area contributed by atoms with Crippen molar-refractivity contribution >= 4 is 10.8 Å². The summed E-state index contributed by atoms with van der Waals surface area (Å²) in [5, 5.41) is 0. The summed E-state index contributed by atoms with van der Waals surface area (Å²) in [5.41, 5.74) is -0.0387. The molecule has 0 fully saturated rings. The van der Waals surface area contributed by atoms with Crippen molar-refractivity contribution in [1.82, 2.24) is 0 Å². The molecule has 0 aliphatic rings. The largest absolute Gasteiger partial charge is 0.381 e. The first-order valence-electron chi connectivity index (χ1n) is 5.99. The standard InChI is InChI=1S/C12H26O3S/c1-5-15-12(2,3)8-6-9-14-10-7-11-16(4)13/h5-11H2,1-4H3. The summed E-state index contributed by atoms with van der Waals surface area (Å²) in [7, 11) is -0.690. The van der Waals surface area contributed by atoms with Crippen LogP contribution in [-0.4, -0.2) is 41.6 Å². The Labute approximate surface area is 102 Å². The highest BCUT2D eigenvalue weighted by molar-refractivity contribution is 7.84. The molecular weight excluding hydrogens is 224 g/mol. The van der Waals surface area contributed by atoms with Gasteiger partial charge in [-0.05, 0) is 40.0 Å². The molecule has 0 amide bonds. The molecule has 3 nitrogen and oxygen atoms in total. The van der Waals surface area contributed by atoms with Crippen LogP contribution in [0.15, 0.2) is 0 Å². The second-order valence-corrected chi connectivity index (χ2v) is 6.09. The van der Waals surface area contributed by atoms with Crippen molar-refractivity contribution in [3.63, 3.8) is 0 Å². The molecule has 0 aromatic carbocycles. The van der Waals surface area contributed by atoms with E-state index in [9.17, 15) is 4.21 Å². The zero-order valence-corrected chi connectivity index (χ0v) is 11.9. The van der Waals surface area contributed by atoms with E-state index in [1.54, 1.807) is 6.26 Å². The third kappa shape index (κ3) is 10.6. The summed E-state index contributed by atoms with van der Waals surface area (Å²) in [5.74, 6) is 0.741. The van der Waals surface area contributed by atoms with Crippen LogP contribution >= 0.6 is 0 Å². The van der Waals surface area contributed by atoms with E-state index in [1.807, 2.05) is 6.92 Å². The first-order chi connectivity index (χ1) is 7.48. The first-order valence-corrected chi connectivity index (χ1v) is 7.72. The summed E-state index contributed by atoms with van der Waals surface area (Å²) in [6.07, 6.45) is 4.64. The Morgan fingerprint density at radius 1 is 1.19 bits per heavy atom. The molecule has 0 aliphatic carbocycles. The summed E-state index contributed by atoms with van der Waals surface area (Å²) < 4.78 is 21.8. The first kappa shape index (κ1) is 16.1. The molecule has 98 valence electrons. The molecule has 0 bridgehead atoms. The average molecular weight is 250 g/mol. The third-order valence-corrected chi connectivity index (χ3v) is 3.19. The van der Waals surface area contributed by atoms with Crippen LogP contribution in [0.25, 0.3) is 0 Å². The Balaban J connectivity index is 3.29. The van der Waals surface area contributed by atoms with Gasteiger partial charge in [0.05, 0.1) is 5.60 Å². The lowest BCUT2D eigenvalue weighted by Gasteiger charge is -2.24. The lowest BCUT2D eigenvalue weighted by Crippen LogP contribution is -2.24. The van der Waals surface area contributed by atoms with Crippen LogP contribution in [0.4, 0.5) is 0 Å². The van der Waals surface area contributed by atoms with Crippen LogP contribution in [0.3, 0.4) is 0 Å². The molecule has 0 saturated heterocycles. The van der Waals surface area contributed by atoms with Gasteiger partial charge < -0.3 is 9.47 Å². The summed E-state index contributed by atoms with van der Waals surface area (Å²) in [6.45, 7) is 8.48. The second kappa shape index (κ2) is 9.14. The minimum absolute atomic E-state index is 0.0387. The summed E-state index contributed by atoms with van der Waals surface area (Å²) in [6, 6.07) is 0. The van der Waals surface area contributed by atoms with E-state index in [0.717, 1.165) is 38.2 Å². The van der Waals surface area contributed by atoms with E-state index in [0.29, 0.717) is 6.61 Å². The van der Waals surface area contributed by atoms with Crippen LogP contribution in [0.5, 0.6) is 0 Å². The van der Waals surface area contributed by atoms with Crippen LogP contribution in [0.1, 0.15) is 40.0 Å². The van der Waals surface area contributed by atoms with Crippen LogP contribution < -0.4 is 0 Å². The molecular formula is C12H26O3S. The van der Waals surface area contributed by atoms with Crippen molar-refractivity contribution in [2.24, 2.45) is 0 Å². The zero-order chi connectivity index (χ0) is 12.4. The van der Waals surface area contributed by atoms with Gasteiger partial charge in [-0.3, -0.25) is 4.21 Å². The minimum Gasteiger partial charge on any atom is -0.381 e. The van der Waals surface area contributed by atoms with Crippen LogP contribution in [-0.2, 0) is 20.3 Å². The average Bonchev–Trinajstić information content (AvgIpc) is 2.15. The van der Waals surface area contributed by atoms with E-state index in [4.69, 9.17) is 9.47 Å². The molecule has 0 heterocycles. The molecule has 0 saturated carbocycles. The predicted molar refractivity (Wildman–Crippen MR) is 69.3 cm³/mol. The van der Waals surface area contributed by atoms with Crippen LogP contribution in [0.2, 0.25) is 0 Å². The van der Waals surface area contributed by atoms with E-state index in [2.05, 4.69) is 13.8 Å². The lowest BCUT2D eigenvalue weighted by atomic mass is 10.0. The smallest absolute Gasteiger partial charge is 0.0627 e. The maximum Gasteiger partial charge on any atom is 0.0627 e. The molecule has 1 unspecified atom stereocenters. The fourth-order valence-electron chi connectivity index (χ4n) is 1.53. The minimum atomic E-state index is -0.690.